The van der Waals surface area contributed by atoms with Gasteiger partial charge in [0.15, 0.2) is 18.1 Å². The molecule has 0 spiro atoms. The van der Waals surface area contributed by atoms with E-state index < -0.39 is 5.91 Å². The first kappa shape index (κ1) is 29.2. The highest BCUT2D eigenvalue weighted by molar-refractivity contribution is 9.11. The van der Waals surface area contributed by atoms with Crippen LogP contribution in [-0.2, 0) is 9.59 Å². The molecule has 0 fully saturated rings. The summed E-state index contributed by atoms with van der Waals surface area (Å²) in [7, 11) is 0. The van der Waals surface area contributed by atoms with Gasteiger partial charge in [-0.3, -0.25) is 9.59 Å². The number of nitriles is 1. The first-order valence-electron chi connectivity index (χ1n) is 11.5. The number of halogens is 3. The van der Waals surface area contributed by atoms with Gasteiger partial charge in [-0.25, -0.2) is 0 Å². The summed E-state index contributed by atoms with van der Waals surface area (Å²) in [5, 5.41) is 15.6. The van der Waals surface area contributed by atoms with Gasteiger partial charge in [-0.1, -0.05) is 11.6 Å². The van der Waals surface area contributed by atoms with Crippen molar-refractivity contribution in [1.29, 1.82) is 5.26 Å². The summed E-state index contributed by atoms with van der Waals surface area (Å²) in [6.07, 6.45) is 1.44. The number of anilines is 2. The topological polar surface area (TPSA) is 100 Å². The monoisotopic (exact) mass is 659 g/mol. The Morgan fingerprint density at radius 3 is 2.34 bits per heavy atom. The van der Waals surface area contributed by atoms with E-state index in [9.17, 15) is 14.9 Å². The van der Waals surface area contributed by atoms with Crippen LogP contribution < -0.4 is 20.1 Å². The predicted octanol–water partition coefficient (Wildman–Crippen LogP) is 7.44. The molecule has 196 valence electrons. The molecular formula is C28H24Br2ClN3O4. The number of nitrogens with zero attached hydrogens (tertiary/aromatic N) is 1. The van der Waals surface area contributed by atoms with Crippen molar-refractivity contribution in [3.63, 3.8) is 0 Å². The van der Waals surface area contributed by atoms with Crippen LogP contribution >= 0.6 is 43.5 Å². The Labute approximate surface area is 243 Å². The summed E-state index contributed by atoms with van der Waals surface area (Å²) >= 11 is 12.8. The van der Waals surface area contributed by atoms with Gasteiger partial charge in [-0.2, -0.15) is 5.26 Å². The fourth-order valence-electron chi connectivity index (χ4n) is 3.32. The quantitative estimate of drug-likeness (QED) is 0.183. The summed E-state index contributed by atoms with van der Waals surface area (Å²) < 4.78 is 12.8. The average molecular weight is 662 g/mol. The smallest absolute Gasteiger partial charge is 0.266 e. The molecule has 0 atom stereocenters. The Morgan fingerprint density at radius 1 is 1.00 bits per heavy atom. The standard InChI is InChI=1S/C28H24Br2ClN3O4/c1-4-37-25-13-18(11-19(14-32)28(36)33-21-7-5-20(31)6-8-21)12-23(30)27(25)38-15-26(35)34-24-10-17(3)16(2)9-22(24)29/h5-13H,4,15H2,1-3H3,(H,33,36)(H,34,35)/b19-11-. The summed E-state index contributed by atoms with van der Waals surface area (Å²) in [6.45, 7) is 5.84. The van der Waals surface area contributed by atoms with Gasteiger partial charge < -0.3 is 20.1 Å². The molecule has 0 bridgehead atoms. The van der Waals surface area contributed by atoms with Crippen LogP contribution in [0.15, 0.2) is 63.0 Å². The predicted molar refractivity (Wildman–Crippen MR) is 157 cm³/mol. The SMILES string of the molecule is CCOc1cc(/C=C(/C#N)C(=O)Nc2ccc(Cl)cc2)cc(Br)c1OCC(=O)Nc1cc(C)c(C)cc1Br. The molecule has 0 saturated heterocycles. The highest BCUT2D eigenvalue weighted by Crippen LogP contribution is 2.38. The van der Waals surface area contributed by atoms with Crippen LogP contribution in [0.1, 0.15) is 23.6 Å². The van der Waals surface area contributed by atoms with Crippen LogP contribution in [-0.4, -0.2) is 25.0 Å². The molecule has 3 aromatic rings. The van der Waals surface area contributed by atoms with Crippen molar-refractivity contribution in [3.8, 4) is 17.6 Å². The zero-order valence-electron chi connectivity index (χ0n) is 20.8. The van der Waals surface area contributed by atoms with Gasteiger partial charge in [0.25, 0.3) is 11.8 Å². The first-order valence-corrected chi connectivity index (χ1v) is 13.4. The second kappa shape index (κ2) is 13.5. The van der Waals surface area contributed by atoms with E-state index in [2.05, 4.69) is 42.5 Å². The lowest BCUT2D eigenvalue weighted by atomic mass is 10.1. The van der Waals surface area contributed by atoms with E-state index in [1.165, 1.54) is 6.08 Å². The highest BCUT2D eigenvalue weighted by atomic mass is 79.9. The molecule has 0 aliphatic rings. The third kappa shape index (κ3) is 7.84. The minimum Gasteiger partial charge on any atom is -0.490 e. The number of ether oxygens (including phenoxy) is 2. The molecule has 2 amide bonds. The molecule has 0 aliphatic heterocycles. The lowest BCUT2D eigenvalue weighted by Gasteiger charge is -2.15. The molecule has 0 aliphatic carbocycles. The van der Waals surface area contributed by atoms with E-state index >= 15 is 0 Å². The van der Waals surface area contributed by atoms with Gasteiger partial charge >= 0.3 is 0 Å². The van der Waals surface area contributed by atoms with Gasteiger partial charge in [-0.05, 0) is 124 Å². The molecule has 0 unspecified atom stereocenters. The summed E-state index contributed by atoms with van der Waals surface area (Å²) in [4.78, 5) is 25.2. The van der Waals surface area contributed by atoms with E-state index in [0.29, 0.717) is 44.5 Å². The third-order valence-electron chi connectivity index (χ3n) is 5.31. The van der Waals surface area contributed by atoms with E-state index in [0.717, 1.165) is 15.6 Å². The average Bonchev–Trinajstić information content (AvgIpc) is 2.86. The van der Waals surface area contributed by atoms with E-state index in [1.54, 1.807) is 36.4 Å². The number of aryl methyl sites for hydroxylation is 2. The van der Waals surface area contributed by atoms with Crippen molar-refractivity contribution in [3.05, 3.63) is 84.8 Å². The molecule has 0 aromatic heterocycles. The van der Waals surface area contributed by atoms with Crippen molar-refractivity contribution in [2.75, 3.05) is 23.8 Å². The maximum atomic E-state index is 12.6. The van der Waals surface area contributed by atoms with Crippen molar-refractivity contribution >= 4 is 72.7 Å². The molecule has 0 radical (unpaired) electrons. The highest BCUT2D eigenvalue weighted by Gasteiger charge is 2.16. The maximum Gasteiger partial charge on any atom is 0.266 e. The van der Waals surface area contributed by atoms with E-state index in [1.807, 2.05) is 39.0 Å². The normalized spacial score (nSPS) is 10.9. The number of rotatable bonds is 9. The number of carbonyl (C=O) groups is 2. The summed E-state index contributed by atoms with van der Waals surface area (Å²) in [5.41, 5.74) is 3.72. The lowest BCUT2D eigenvalue weighted by molar-refractivity contribution is -0.118. The molecule has 38 heavy (non-hydrogen) atoms. The Balaban J connectivity index is 1.77. The first-order chi connectivity index (χ1) is 18.1. The number of benzene rings is 3. The molecule has 3 aromatic carbocycles. The van der Waals surface area contributed by atoms with Crippen LogP contribution in [0.2, 0.25) is 5.02 Å². The fraction of sp³-hybridized carbons (Fsp3) is 0.179. The Hall–Kier alpha value is -3.32. The summed E-state index contributed by atoms with van der Waals surface area (Å²) in [5.74, 6) is -0.248. The minimum absolute atomic E-state index is 0.110. The van der Waals surface area contributed by atoms with Gasteiger partial charge in [0, 0.05) is 15.2 Å². The minimum atomic E-state index is -0.571. The number of hydrogen-bond acceptors (Lipinski definition) is 5. The molecule has 7 nitrogen and oxygen atoms in total. The molecule has 0 heterocycles. The van der Waals surface area contributed by atoms with Gasteiger partial charge in [0.05, 0.1) is 16.8 Å². The van der Waals surface area contributed by atoms with Crippen LogP contribution in [0.3, 0.4) is 0 Å². The lowest BCUT2D eigenvalue weighted by Crippen LogP contribution is -2.21. The molecule has 3 rings (SSSR count). The van der Waals surface area contributed by atoms with Crippen LogP contribution in [0.25, 0.3) is 6.08 Å². The Bertz CT molecular complexity index is 1430. The van der Waals surface area contributed by atoms with Crippen molar-refractivity contribution in [1.82, 2.24) is 0 Å². The van der Waals surface area contributed by atoms with Gasteiger partial charge in [-0.15, -0.1) is 0 Å². The van der Waals surface area contributed by atoms with E-state index in [-0.39, 0.29) is 18.1 Å². The maximum absolute atomic E-state index is 12.6. The zero-order valence-corrected chi connectivity index (χ0v) is 24.8. The number of carbonyl (C=O) groups excluding carboxylic acids is 2. The van der Waals surface area contributed by atoms with Gasteiger partial charge in [0.2, 0.25) is 0 Å². The third-order valence-corrected chi connectivity index (χ3v) is 6.81. The number of nitrogens with one attached hydrogen (secondary N) is 2. The number of amides is 2. The van der Waals surface area contributed by atoms with Crippen molar-refractivity contribution in [2.24, 2.45) is 0 Å². The molecule has 0 saturated carbocycles. The second-order valence-corrected chi connectivity index (χ2v) is 10.3. The fourth-order valence-corrected chi connectivity index (χ4v) is 4.58. The second-order valence-electron chi connectivity index (χ2n) is 8.15. The zero-order chi connectivity index (χ0) is 27.8. The largest absolute Gasteiger partial charge is 0.490 e. The molecular weight excluding hydrogens is 638 g/mol. The molecule has 2 N–H and O–H groups in total. The van der Waals surface area contributed by atoms with Crippen LogP contribution in [0, 0.1) is 25.2 Å². The van der Waals surface area contributed by atoms with Crippen LogP contribution in [0.4, 0.5) is 11.4 Å². The van der Waals surface area contributed by atoms with Gasteiger partial charge in [0.1, 0.15) is 11.6 Å². The Kier molecular flexibility index (Phi) is 10.4. The van der Waals surface area contributed by atoms with Crippen molar-refractivity contribution < 1.29 is 19.1 Å². The van der Waals surface area contributed by atoms with Crippen molar-refractivity contribution in [2.45, 2.75) is 20.8 Å². The Morgan fingerprint density at radius 2 is 1.68 bits per heavy atom. The molecule has 10 heteroatoms. The van der Waals surface area contributed by atoms with E-state index in [4.69, 9.17) is 21.1 Å². The van der Waals surface area contributed by atoms with Crippen LogP contribution in [0.5, 0.6) is 11.5 Å². The number of hydrogen-bond donors (Lipinski definition) is 2. The summed E-state index contributed by atoms with van der Waals surface area (Å²) in [6, 6.07) is 15.6.